The molecule has 0 aromatic heterocycles. The number of hydrogen-bond donors (Lipinski definition) is 2. The maximum Gasteiger partial charge on any atom is 0.338 e. The number of imide groups is 1. The van der Waals surface area contributed by atoms with E-state index in [1.165, 1.54) is 0 Å². The minimum Gasteiger partial charge on any atom is -0.310 e. The van der Waals surface area contributed by atoms with Crippen LogP contribution in [0.4, 0.5) is 4.79 Å². The molecule has 0 radical (unpaired) electrons. The van der Waals surface area contributed by atoms with Crippen LogP contribution in [0.5, 0.6) is 0 Å². The van der Waals surface area contributed by atoms with Crippen molar-refractivity contribution in [3.8, 4) is 0 Å². The Hall–Kier alpha value is -1.48. The lowest BCUT2D eigenvalue weighted by atomic mass is 10.1. The number of nitrogens with zero attached hydrogens (tertiary/aromatic N) is 1. The normalized spacial score (nSPS) is 19.6. The number of rotatable bonds is 4. The van der Waals surface area contributed by atoms with Gasteiger partial charge in [-0.3, -0.25) is 14.9 Å². The maximum absolute atomic E-state index is 12.2. The minimum absolute atomic E-state index is 0.00388. The molecule has 3 amide bonds. The highest BCUT2D eigenvalue weighted by Crippen LogP contribution is 2.15. The van der Waals surface area contributed by atoms with Gasteiger partial charge in [-0.2, -0.15) is 0 Å². The molecule has 2 N–H and O–H groups in total. The van der Waals surface area contributed by atoms with Crippen LogP contribution < -0.4 is 10.6 Å². The number of sulfonamides is 1. The van der Waals surface area contributed by atoms with Crippen LogP contribution in [0, 0.1) is 5.92 Å². The third-order valence-electron chi connectivity index (χ3n) is 3.18. The Morgan fingerprint density at radius 3 is 2.59 bits per heavy atom. The molecule has 0 aromatic rings. The van der Waals surface area contributed by atoms with Gasteiger partial charge in [-0.15, -0.1) is 0 Å². The van der Waals surface area contributed by atoms with Crippen molar-refractivity contribution in [1.29, 1.82) is 0 Å². The molecule has 8 nitrogen and oxygen atoms in total. The van der Waals surface area contributed by atoms with Gasteiger partial charge in [-0.05, 0) is 25.3 Å². The minimum atomic E-state index is -3.97. The topological polar surface area (TPSA) is 113 Å². The number of urea groups is 1. The van der Waals surface area contributed by atoms with Gasteiger partial charge in [-0.1, -0.05) is 13.8 Å². The fourth-order valence-electron chi connectivity index (χ4n) is 2.28. The van der Waals surface area contributed by atoms with Gasteiger partial charge >= 0.3 is 6.03 Å². The molecule has 1 rings (SSSR count). The summed E-state index contributed by atoms with van der Waals surface area (Å²) >= 11 is 0. The molecule has 0 saturated carbocycles. The van der Waals surface area contributed by atoms with E-state index >= 15 is 0 Å². The third-order valence-corrected chi connectivity index (χ3v) is 4.32. The number of nitrogens with one attached hydrogen (secondary N) is 2. The molecule has 0 bridgehead atoms. The predicted octanol–water partition coefficient (Wildman–Crippen LogP) is -0.149. The van der Waals surface area contributed by atoms with E-state index in [1.807, 2.05) is 0 Å². The van der Waals surface area contributed by atoms with Crippen molar-refractivity contribution < 1.29 is 22.8 Å². The highest BCUT2D eigenvalue weighted by atomic mass is 32.2. The quantitative estimate of drug-likeness (QED) is 0.740. The molecule has 1 heterocycles. The molecule has 1 atom stereocenters. The second-order valence-electron chi connectivity index (χ2n) is 5.81. The lowest BCUT2D eigenvalue weighted by Crippen LogP contribution is -2.54. The van der Waals surface area contributed by atoms with Crippen molar-refractivity contribution >= 4 is 27.7 Å². The van der Waals surface area contributed by atoms with Crippen molar-refractivity contribution in [2.45, 2.75) is 39.2 Å². The predicted molar refractivity (Wildman–Crippen MR) is 80.6 cm³/mol. The average Bonchev–Trinajstić information content (AvgIpc) is 2.52. The van der Waals surface area contributed by atoms with Crippen LogP contribution in [0.25, 0.3) is 0 Å². The van der Waals surface area contributed by atoms with Crippen LogP contribution in [-0.4, -0.2) is 55.8 Å². The monoisotopic (exact) mass is 333 g/mol. The van der Waals surface area contributed by atoms with Gasteiger partial charge in [0.15, 0.2) is 5.78 Å². The first-order valence-corrected chi connectivity index (χ1v) is 9.04. The zero-order chi connectivity index (χ0) is 16.9. The van der Waals surface area contributed by atoms with Crippen LogP contribution >= 0.6 is 0 Å². The molecule has 1 fully saturated rings. The first-order valence-electron chi connectivity index (χ1n) is 7.19. The van der Waals surface area contributed by atoms with Gasteiger partial charge < -0.3 is 5.32 Å². The number of hydrogen-bond acceptors (Lipinski definition) is 6. The largest absolute Gasteiger partial charge is 0.338 e. The van der Waals surface area contributed by atoms with E-state index in [0.29, 0.717) is 17.3 Å². The Bertz CT molecular complexity index is 544. The summed E-state index contributed by atoms with van der Waals surface area (Å²) in [5.74, 6) is -0.912. The summed E-state index contributed by atoms with van der Waals surface area (Å²) in [7, 11) is -3.97. The van der Waals surface area contributed by atoms with Gasteiger partial charge in [0.1, 0.15) is 6.04 Å². The summed E-state index contributed by atoms with van der Waals surface area (Å²) in [5, 5.41) is 4.92. The fourth-order valence-corrected chi connectivity index (χ4v) is 3.31. The highest BCUT2D eigenvalue weighted by molar-refractivity contribution is 7.88. The van der Waals surface area contributed by atoms with E-state index in [1.54, 1.807) is 13.8 Å². The standard InChI is InChI=1S/C13H23N3O5S/c1-9(2)7-12(18)15-13(19)16(22(3,20)21)10-5-4-6-14-8-11(10)17/h9-10,14H,4-8H2,1-3H3,(H,15,18,19)/t10-/m0/s1. The molecule has 1 aliphatic heterocycles. The molecular weight excluding hydrogens is 310 g/mol. The zero-order valence-electron chi connectivity index (χ0n) is 13.1. The number of Topliss-reactive ketones (excluding diaryl/α,β-unsaturated/α-hetero) is 1. The molecule has 1 saturated heterocycles. The fraction of sp³-hybridized carbons (Fsp3) is 0.769. The lowest BCUT2D eigenvalue weighted by molar-refractivity contribution is -0.122. The maximum atomic E-state index is 12.2. The second-order valence-corrected chi connectivity index (χ2v) is 7.67. The molecule has 0 aliphatic carbocycles. The van der Waals surface area contributed by atoms with Gasteiger partial charge in [-0.25, -0.2) is 17.5 Å². The van der Waals surface area contributed by atoms with E-state index in [9.17, 15) is 22.8 Å². The summed E-state index contributed by atoms with van der Waals surface area (Å²) in [4.78, 5) is 35.9. The van der Waals surface area contributed by atoms with Gasteiger partial charge in [0.05, 0.1) is 12.8 Å². The van der Waals surface area contributed by atoms with Crippen LogP contribution in [0.2, 0.25) is 0 Å². The summed E-state index contributed by atoms with van der Waals surface area (Å²) in [5.41, 5.74) is 0. The smallest absolute Gasteiger partial charge is 0.310 e. The molecule has 1 aliphatic rings. The van der Waals surface area contributed by atoms with Crippen molar-refractivity contribution in [3.05, 3.63) is 0 Å². The number of amides is 3. The van der Waals surface area contributed by atoms with Crippen molar-refractivity contribution in [1.82, 2.24) is 14.9 Å². The number of ketones is 1. The molecule has 9 heteroatoms. The molecule has 126 valence electrons. The average molecular weight is 333 g/mol. The van der Waals surface area contributed by atoms with E-state index in [0.717, 1.165) is 6.26 Å². The first kappa shape index (κ1) is 18.6. The Morgan fingerprint density at radius 1 is 1.41 bits per heavy atom. The molecule has 0 unspecified atom stereocenters. The van der Waals surface area contributed by atoms with Crippen LogP contribution in [0.3, 0.4) is 0 Å². The Morgan fingerprint density at radius 2 is 2.05 bits per heavy atom. The van der Waals surface area contributed by atoms with Crippen LogP contribution in [-0.2, 0) is 19.6 Å². The van der Waals surface area contributed by atoms with E-state index in [-0.39, 0.29) is 31.1 Å². The van der Waals surface area contributed by atoms with Crippen molar-refractivity contribution in [2.75, 3.05) is 19.3 Å². The van der Waals surface area contributed by atoms with Crippen molar-refractivity contribution in [2.24, 2.45) is 5.92 Å². The van der Waals surface area contributed by atoms with Crippen LogP contribution in [0.15, 0.2) is 0 Å². The Labute approximate surface area is 130 Å². The summed E-state index contributed by atoms with van der Waals surface area (Å²) in [6.45, 7) is 4.19. The van der Waals surface area contributed by atoms with Crippen molar-refractivity contribution in [3.63, 3.8) is 0 Å². The zero-order valence-corrected chi connectivity index (χ0v) is 13.9. The van der Waals surface area contributed by atoms with E-state index < -0.39 is 28.0 Å². The molecular formula is C13H23N3O5S. The summed E-state index contributed by atoms with van der Waals surface area (Å²) in [6, 6.07) is -2.13. The Balaban J connectivity index is 2.95. The first-order chi connectivity index (χ1) is 10.1. The number of carbonyl (C=O) groups excluding carboxylic acids is 3. The summed E-state index contributed by atoms with van der Waals surface area (Å²) < 4.78 is 24.3. The highest BCUT2D eigenvalue weighted by Gasteiger charge is 2.37. The van der Waals surface area contributed by atoms with Crippen LogP contribution in [0.1, 0.15) is 33.1 Å². The Kier molecular flexibility index (Phi) is 6.48. The van der Waals surface area contributed by atoms with Gasteiger partial charge in [0, 0.05) is 6.42 Å². The van der Waals surface area contributed by atoms with Gasteiger partial charge in [0.25, 0.3) is 0 Å². The SMILES string of the molecule is CC(C)CC(=O)NC(=O)N([C@H]1CCCNCC1=O)S(C)(=O)=O. The number of carbonyl (C=O) groups is 3. The third kappa shape index (κ3) is 5.38. The second kappa shape index (κ2) is 7.68. The molecule has 0 aromatic carbocycles. The molecule has 0 spiro atoms. The summed E-state index contributed by atoms with van der Waals surface area (Å²) in [6.07, 6.45) is 1.76. The lowest BCUT2D eigenvalue weighted by Gasteiger charge is -2.27. The van der Waals surface area contributed by atoms with E-state index in [2.05, 4.69) is 10.6 Å². The van der Waals surface area contributed by atoms with Gasteiger partial charge in [0.2, 0.25) is 15.9 Å². The molecule has 22 heavy (non-hydrogen) atoms. The van der Waals surface area contributed by atoms with E-state index in [4.69, 9.17) is 0 Å².